The van der Waals surface area contributed by atoms with E-state index in [1.165, 1.54) is 38.2 Å². The first-order valence-electron chi connectivity index (χ1n) is 21.0. The van der Waals surface area contributed by atoms with Crippen LogP contribution in [0.15, 0.2) is 243 Å². The number of fused-ring (bicyclic) bond motifs is 2. The second kappa shape index (κ2) is 16.0. The first kappa shape index (κ1) is 36.7. The molecule has 0 fully saturated rings. The van der Waals surface area contributed by atoms with Crippen molar-refractivity contribution in [3.05, 3.63) is 243 Å². The predicted molar refractivity (Wildman–Crippen MR) is 258 cm³/mol. The zero-order chi connectivity index (χ0) is 41.2. The van der Waals surface area contributed by atoms with E-state index in [0.717, 1.165) is 62.2 Å². The van der Waals surface area contributed by atoms with E-state index in [-0.39, 0.29) is 0 Å². The molecule has 0 saturated heterocycles. The molecule has 0 radical (unpaired) electrons. The van der Waals surface area contributed by atoms with Crippen LogP contribution >= 0.6 is 0 Å². The Morgan fingerprint density at radius 3 is 1.16 bits per heavy atom. The molecule has 0 unspecified atom stereocenters. The lowest BCUT2D eigenvalue weighted by atomic mass is 9.89. The summed E-state index contributed by atoms with van der Waals surface area (Å²) in [7, 11) is 0. The van der Waals surface area contributed by atoms with Crippen LogP contribution in [0.4, 0.5) is 17.1 Å². The van der Waals surface area contributed by atoms with Crippen molar-refractivity contribution < 1.29 is 0 Å². The molecule has 4 nitrogen and oxygen atoms in total. The van der Waals surface area contributed by atoms with Gasteiger partial charge in [0.1, 0.15) is 0 Å². The van der Waals surface area contributed by atoms with E-state index >= 15 is 0 Å². The highest BCUT2D eigenvalue weighted by molar-refractivity contribution is 5.95. The van der Waals surface area contributed by atoms with Crippen molar-refractivity contribution in [2.45, 2.75) is 0 Å². The molecule has 0 saturated carbocycles. The van der Waals surface area contributed by atoms with Crippen molar-refractivity contribution in [3.8, 4) is 61.8 Å². The molecule has 0 atom stereocenters. The average Bonchev–Trinajstić information content (AvgIpc) is 3.80. The Morgan fingerprint density at radius 1 is 0.274 bits per heavy atom. The van der Waals surface area contributed by atoms with Crippen LogP contribution in [-0.4, -0.2) is 14.8 Å². The van der Waals surface area contributed by atoms with Gasteiger partial charge in [-0.15, -0.1) is 10.2 Å². The third-order valence-electron chi connectivity index (χ3n) is 11.7. The van der Waals surface area contributed by atoms with Crippen LogP contribution in [0, 0.1) is 0 Å². The molecule has 4 heteroatoms. The molecule has 62 heavy (non-hydrogen) atoms. The Balaban J connectivity index is 0.950. The van der Waals surface area contributed by atoms with Gasteiger partial charge in [-0.3, -0.25) is 4.57 Å². The lowest BCUT2D eigenvalue weighted by Gasteiger charge is -2.26. The zero-order valence-electron chi connectivity index (χ0n) is 33.9. The lowest BCUT2D eigenvalue weighted by molar-refractivity contribution is 1.07. The fourth-order valence-electron chi connectivity index (χ4n) is 8.67. The summed E-state index contributed by atoms with van der Waals surface area (Å²) < 4.78 is 2.14. The van der Waals surface area contributed by atoms with Gasteiger partial charge in [-0.05, 0) is 103 Å². The number of nitrogens with zero attached hydrogens (tertiary/aromatic N) is 4. The monoisotopic (exact) mass is 792 g/mol. The minimum absolute atomic E-state index is 0.795. The molecule has 0 aliphatic heterocycles. The number of rotatable bonds is 9. The van der Waals surface area contributed by atoms with E-state index in [4.69, 9.17) is 5.10 Å². The van der Waals surface area contributed by atoms with Gasteiger partial charge >= 0.3 is 0 Å². The summed E-state index contributed by atoms with van der Waals surface area (Å²) in [5.74, 6) is 1.60. The van der Waals surface area contributed by atoms with Crippen molar-refractivity contribution in [1.29, 1.82) is 0 Å². The van der Waals surface area contributed by atoms with Crippen LogP contribution < -0.4 is 4.90 Å². The van der Waals surface area contributed by atoms with Crippen molar-refractivity contribution in [2.75, 3.05) is 4.90 Å². The number of hydrogen-bond donors (Lipinski definition) is 0. The summed E-state index contributed by atoms with van der Waals surface area (Å²) in [5, 5.41) is 14.3. The van der Waals surface area contributed by atoms with Gasteiger partial charge in [0, 0.05) is 33.9 Å². The Bertz CT molecular complexity index is 3260. The van der Waals surface area contributed by atoms with Gasteiger partial charge in [-0.1, -0.05) is 194 Å². The number of aromatic nitrogens is 3. The summed E-state index contributed by atoms with van der Waals surface area (Å²) in [6.07, 6.45) is 0. The molecule has 0 bridgehead atoms. The number of para-hydroxylation sites is 1. The smallest absolute Gasteiger partial charge is 0.168 e. The Morgan fingerprint density at radius 2 is 0.645 bits per heavy atom. The maximum Gasteiger partial charge on any atom is 0.168 e. The third kappa shape index (κ3) is 6.90. The van der Waals surface area contributed by atoms with Gasteiger partial charge in [0.05, 0.1) is 0 Å². The van der Waals surface area contributed by atoms with Gasteiger partial charge in [0.2, 0.25) is 0 Å². The molecule has 0 amide bonds. The van der Waals surface area contributed by atoms with Gasteiger partial charge in [0.25, 0.3) is 0 Å². The van der Waals surface area contributed by atoms with Gasteiger partial charge < -0.3 is 4.90 Å². The van der Waals surface area contributed by atoms with Crippen molar-refractivity contribution in [1.82, 2.24) is 14.8 Å². The predicted octanol–water partition coefficient (Wildman–Crippen LogP) is 15.4. The number of anilines is 3. The molecule has 292 valence electrons. The van der Waals surface area contributed by atoms with Crippen molar-refractivity contribution in [2.24, 2.45) is 0 Å². The third-order valence-corrected chi connectivity index (χ3v) is 11.7. The standard InChI is InChI=1S/C58H40N4/c1-3-17-45(18-4-1)57-59-60-58(62(57)49-21-5-2-6-22-49)46-29-27-43(28-30-46)53-23-11-13-25-55(53)56-26-14-12-24-54(56)44-33-35-50(36-34-44)61(51-37-31-41-15-7-9-19-47(41)39-51)52-38-32-42-16-8-10-20-48(42)40-52/h1-40H. The van der Waals surface area contributed by atoms with E-state index in [1.54, 1.807) is 0 Å². The summed E-state index contributed by atoms with van der Waals surface area (Å²) in [5.41, 5.74) is 13.3. The van der Waals surface area contributed by atoms with Crippen LogP contribution in [0.5, 0.6) is 0 Å². The minimum Gasteiger partial charge on any atom is -0.310 e. The van der Waals surface area contributed by atoms with E-state index in [1.807, 2.05) is 36.4 Å². The molecule has 0 spiro atoms. The normalized spacial score (nSPS) is 11.2. The molecule has 11 aromatic rings. The quantitative estimate of drug-likeness (QED) is 0.146. The second-order valence-corrected chi connectivity index (χ2v) is 15.5. The van der Waals surface area contributed by atoms with Gasteiger partial charge in [0.15, 0.2) is 11.6 Å². The fraction of sp³-hybridized carbons (Fsp3) is 0. The van der Waals surface area contributed by atoms with Gasteiger partial charge in [-0.25, -0.2) is 0 Å². The van der Waals surface area contributed by atoms with Crippen molar-refractivity contribution >= 4 is 38.6 Å². The largest absolute Gasteiger partial charge is 0.310 e. The summed E-state index contributed by atoms with van der Waals surface area (Å²) in [4.78, 5) is 2.36. The number of hydrogen-bond acceptors (Lipinski definition) is 3. The van der Waals surface area contributed by atoms with Crippen LogP contribution in [-0.2, 0) is 0 Å². The van der Waals surface area contributed by atoms with Crippen LogP contribution in [0.1, 0.15) is 0 Å². The highest BCUT2D eigenvalue weighted by atomic mass is 15.3. The second-order valence-electron chi connectivity index (χ2n) is 15.5. The molecule has 0 aliphatic rings. The van der Waals surface area contributed by atoms with E-state index in [0.29, 0.717) is 0 Å². The molecule has 1 heterocycles. The average molecular weight is 793 g/mol. The molecule has 1 aromatic heterocycles. The Kier molecular flexibility index (Phi) is 9.49. The highest BCUT2D eigenvalue weighted by Crippen LogP contribution is 2.42. The van der Waals surface area contributed by atoms with E-state index < -0.39 is 0 Å². The summed E-state index contributed by atoms with van der Waals surface area (Å²) >= 11 is 0. The fourth-order valence-corrected chi connectivity index (χ4v) is 8.67. The Hall–Kier alpha value is -8.34. The SMILES string of the molecule is c1ccc(-c2nnc(-c3ccc(-c4ccccc4-c4ccccc4-c4ccc(N(c5ccc6ccccc6c5)c5ccc6ccccc6c5)cc4)cc3)n2-c2ccccc2)cc1. The van der Waals surface area contributed by atoms with Crippen LogP contribution in [0.3, 0.4) is 0 Å². The van der Waals surface area contributed by atoms with E-state index in [2.05, 4.69) is 221 Å². The lowest BCUT2D eigenvalue weighted by Crippen LogP contribution is -2.09. The molecule has 0 aliphatic carbocycles. The summed E-state index contributed by atoms with van der Waals surface area (Å²) in [6.45, 7) is 0. The van der Waals surface area contributed by atoms with Gasteiger partial charge in [-0.2, -0.15) is 0 Å². The maximum absolute atomic E-state index is 4.74. The topological polar surface area (TPSA) is 34.0 Å². The first-order valence-corrected chi connectivity index (χ1v) is 21.0. The molecule has 0 N–H and O–H groups in total. The van der Waals surface area contributed by atoms with Crippen molar-refractivity contribution in [3.63, 3.8) is 0 Å². The van der Waals surface area contributed by atoms with Crippen LogP contribution in [0.25, 0.3) is 83.4 Å². The maximum atomic E-state index is 4.74. The Labute approximate surface area is 361 Å². The van der Waals surface area contributed by atoms with E-state index in [9.17, 15) is 0 Å². The van der Waals surface area contributed by atoms with Crippen LogP contribution in [0.2, 0.25) is 0 Å². The molecule has 11 rings (SSSR count). The molecule has 10 aromatic carbocycles. The highest BCUT2D eigenvalue weighted by Gasteiger charge is 2.19. The first-order chi connectivity index (χ1) is 30.7. The minimum atomic E-state index is 0.795. The molecular weight excluding hydrogens is 753 g/mol. The molecular formula is C58H40N4. The summed E-state index contributed by atoms with van der Waals surface area (Å²) in [6, 6.07) is 86.3. The zero-order valence-corrected chi connectivity index (χ0v) is 33.9. The number of benzene rings is 10.